The van der Waals surface area contributed by atoms with Crippen molar-refractivity contribution in [3.63, 3.8) is 0 Å². The molecule has 2 heterocycles. The van der Waals surface area contributed by atoms with Crippen LogP contribution in [0.3, 0.4) is 0 Å². The molecular formula is C15H13BrN2O3. The van der Waals surface area contributed by atoms with Gasteiger partial charge in [-0.25, -0.2) is 0 Å². The predicted octanol–water partition coefficient (Wildman–Crippen LogP) is 3.73. The lowest BCUT2D eigenvalue weighted by Gasteiger charge is -2.02. The molecule has 0 bridgehead atoms. The number of furan rings is 1. The van der Waals surface area contributed by atoms with E-state index in [1.165, 1.54) is 0 Å². The van der Waals surface area contributed by atoms with Gasteiger partial charge in [-0.3, -0.25) is 4.79 Å². The number of benzene rings is 1. The quantitative estimate of drug-likeness (QED) is 0.782. The topological polar surface area (TPSA) is 68.3 Å². The lowest BCUT2D eigenvalue weighted by atomic mass is 10.2. The average molecular weight is 349 g/mol. The molecule has 1 N–H and O–H groups in total. The SMILES string of the molecule is Cc1noc(C)c1CNC(=O)c1cc2ccc(Br)cc2o1. The molecule has 0 saturated heterocycles. The van der Waals surface area contributed by atoms with Crippen LogP contribution in [0.2, 0.25) is 0 Å². The Kier molecular flexibility index (Phi) is 3.55. The number of aryl methyl sites for hydroxylation is 2. The van der Waals surface area contributed by atoms with Crippen LogP contribution in [0, 0.1) is 13.8 Å². The van der Waals surface area contributed by atoms with Gasteiger partial charge in [0.05, 0.1) is 5.69 Å². The lowest BCUT2D eigenvalue weighted by Crippen LogP contribution is -2.22. The lowest BCUT2D eigenvalue weighted by molar-refractivity contribution is 0.0925. The number of amides is 1. The molecule has 108 valence electrons. The Morgan fingerprint density at radius 2 is 2.14 bits per heavy atom. The highest BCUT2D eigenvalue weighted by Gasteiger charge is 2.15. The van der Waals surface area contributed by atoms with Crippen molar-refractivity contribution in [3.8, 4) is 0 Å². The summed E-state index contributed by atoms with van der Waals surface area (Å²) >= 11 is 3.37. The fourth-order valence-corrected chi connectivity index (χ4v) is 2.47. The summed E-state index contributed by atoms with van der Waals surface area (Å²) in [5.74, 6) is 0.735. The van der Waals surface area contributed by atoms with Crippen molar-refractivity contribution in [2.75, 3.05) is 0 Å². The molecule has 0 aliphatic heterocycles. The molecule has 0 aliphatic rings. The molecule has 0 aliphatic carbocycles. The summed E-state index contributed by atoms with van der Waals surface area (Å²) in [5.41, 5.74) is 2.34. The minimum atomic E-state index is -0.262. The molecule has 0 radical (unpaired) electrons. The number of hydrogen-bond acceptors (Lipinski definition) is 4. The smallest absolute Gasteiger partial charge is 0.287 e. The fourth-order valence-electron chi connectivity index (χ4n) is 2.13. The number of halogens is 1. The number of carbonyl (C=O) groups excluding carboxylic acids is 1. The Bertz CT molecular complexity index is 800. The van der Waals surface area contributed by atoms with Crippen molar-refractivity contribution in [1.82, 2.24) is 10.5 Å². The standard InChI is InChI=1S/C15H13BrN2O3/c1-8-12(9(2)21-18-8)7-17-15(19)14-5-10-3-4-11(16)6-13(10)20-14/h3-6H,7H2,1-2H3,(H,17,19). The minimum Gasteiger partial charge on any atom is -0.451 e. The van der Waals surface area contributed by atoms with Gasteiger partial charge in [0, 0.05) is 22.0 Å². The molecule has 3 rings (SSSR count). The molecule has 6 heteroatoms. The Balaban J connectivity index is 1.78. The monoisotopic (exact) mass is 348 g/mol. The number of nitrogens with one attached hydrogen (secondary N) is 1. The van der Waals surface area contributed by atoms with Gasteiger partial charge in [-0.05, 0) is 38.1 Å². The maximum Gasteiger partial charge on any atom is 0.287 e. The summed E-state index contributed by atoms with van der Waals surface area (Å²) in [7, 11) is 0. The number of hydrogen-bond donors (Lipinski definition) is 1. The van der Waals surface area contributed by atoms with Crippen molar-refractivity contribution < 1.29 is 13.7 Å². The second-order valence-electron chi connectivity index (χ2n) is 4.78. The molecular weight excluding hydrogens is 336 g/mol. The second kappa shape index (κ2) is 5.37. The van der Waals surface area contributed by atoms with Gasteiger partial charge in [0.15, 0.2) is 5.76 Å². The summed E-state index contributed by atoms with van der Waals surface area (Å²) in [6.45, 7) is 4.03. The van der Waals surface area contributed by atoms with Crippen LogP contribution in [-0.2, 0) is 6.54 Å². The van der Waals surface area contributed by atoms with Crippen molar-refractivity contribution in [2.24, 2.45) is 0 Å². The van der Waals surface area contributed by atoms with Crippen molar-refractivity contribution in [1.29, 1.82) is 0 Å². The zero-order chi connectivity index (χ0) is 15.0. The molecule has 0 unspecified atom stereocenters. The van der Waals surface area contributed by atoms with E-state index in [4.69, 9.17) is 8.94 Å². The predicted molar refractivity (Wildman–Crippen MR) is 81.1 cm³/mol. The van der Waals surface area contributed by atoms with Gasteiger partial charge >= 0.3 is 0 Å². The van der Waals surface area contributed by atoms with Gasteiger partial charge in [-0.15, -0.1) is 0 Å². The molecule has 0 spiro atoms. The van der Waals surface area contributed by atoms with Gasteiger partial charge < -0.3 is 14.3 Å². The molecule has 0 atom stereocenters. The van der Waals surface area contributed by atoms with Crippen LogP contribution >= 0.6 is 15.9 Å². The van der Waals surface area contributed by atoms with Crippen LogP contribution in [0.15, 0.2) is 37.7 Å². The van der Waals surface area contributed by atoms with Gasteiger partial charge in [0.2, 0.25) is 0 Å². The highest BCUT2D eigenvalue weighted by molar-refractivity contribution is 9.10. The van der Waals surface area contributed by atoms with E-state index in [0.29, 0.717) is 17.9 Å². The van der Waals surface area contributed by atoms with Crippen molar-refractivity contribution in [2.45, 2.75) is 20.4 Å². The molecule has 1 aromatic carbocycles. The zero-order valence-corrected chi connectivity index (χ0v) is 13.2. The maximum atomic E-state index is 12.1. The van der Waals surface area contributed by atoms with E-state index in [2.05, 4.69) is 26.4 Å². The van der Waals surface area contributed by atoms with E-state index in [1.54, 1.807) is 6.07 Å². The van der Waals surface area contributed by atoms with Crippen LogP contribution in [0.1, 0.15) is 27.6 Å². The summed E-state index contributed by atoms with van der Waals surface area (Å²) < 4.78 is 11.5. The van der Waals surface area contributed by atoms with Crippen LogP contribution < -0.4 is 5.32 Å². The van der Waals surface area contributed by atoms with Gasteiger partial charge in [-0.1, -0.05) is 21.1 Å². The summed E-state index contributed by atoms with van der Waals surface area (Å²) in [6.07, 6.45) is 0. The molecule has 0 fully saturated rings. The molecule has 3 aromatic rings. The highest BCUT2D eigenvalue weighted by Crippen LogP contribution is 2.23. The van der Waals surface area contributed by atoms with Crippen molar-refractivity contribution in [3.05, 3.63) is 51.5 Å². The van der Waals surface area contributed by atoms with E-state index in [0.717, 1.165) is 21.1 Å². The number of nitrogens with zero attached hydrogens (tertiary/aromatic N) is 1. The Hall–Kier alpha value is -2.08. The normalized spacial score (nSPS) is 11.0. The third-order valence-electron chi connectivity index (χ3n) is 3.31. The van der Waals surface area contributed by atoms with Gasteiger partial charge in [0.1, 0.15) is 11.3 Å². The molecule has 21 heavy (non-hydrogen) atoms. The zero-order valence-electron chi connectivity index (χ0n) is 11.6. The summed E-state index contributed by atoms with van der Waals surface area (Å²) in [5, 5.41) is 7.56. The van der Waals surface area contributed by atoms with Gasteiger partial charge in [0.25, 0.3) is 5.91 Å². The number of rotatable bonds is 3. The van der Waals surface area contributed by atoms with Crippen LogP contribution in [0.25, 0.3) is 11.0 Å². The first-order valence-electron chi connectivity index (χ1n) is 6.43. The number of aromatic nitrogens is 1. The Labute approximate surface area is 129 Å². The summed E-state index contributed by atoms with van der Waals surface area (Å²) in [4.78, 5) is 12.1. The number of carbonyl (C=O) groups is 1. The average Bonchev–Trinajstić information content (AvgIpc) is 3.00. The van der Waals surface area contributed by atoms with Crippen LogP contribution in [0.4, 0.5) is 0 Å². The van der Waals surface area contributed by atoms with E-state index in [1.807, 2.05) is 32.0 Å². The molecule has 0 saturated carbocycles. The van der Waals surface area contributed by atoms with E-state index in [9.17, 15) is 4.79 Å². The van der Waals surface area contributed by atoms with Crippen LogP contribution in [-0.4, -0.2) is 11.1 Å². The Morgan fingerprint density at radius 1 is 1.33 bits per heavy atom. The highest BCUT2D eigenvalue weighted by atomic mass is 79.9. The Morgan fingerprint density at radius 3 is 2.86 bits per heavy atom. The third kappa shape index (κ3) is 2.71. The minimum absolute atomic E-state index is 0.262. The van der Waals surface area contributed by atoms with E-state index >= 15 is 0 Å². The molecule has 2 aromatic heterocycles. The fraction of sp³-hybridized carbons (Fsp3) is 0.200. The molecule has 1 amide bonds. The van der Waals surface area contributed by atoms with E-state index in [-0.39, 0.29) is 11.7 Å². The summed E-state index contributed by atoms with van der Waals surface area (Å²) in [6, 6.07) is 7.36. The first-order chi connectivity index (χ1) is 10.0. The largest absolute Gasteiger partial charge is 0.451 e. The van der Waals surface area contributed by atoms with E-state index < -0.39 is 0 Å². The van der Waals surface area contributed by atoms with Crippen LogP contribution in [0.5, 0.6) is 0 Å². The van der Waals surface area contributed by atoms with Gasteiger partial charge in [-0.2, -0.15) is 0 Å². The van der Waals surface area contributed by atoms with Crippen molar-refractivity contribution >= 4 is 32.8 Å². The maximum absolute atomic E-state index is 12.1. The number of fused-ring (bicyclic) bond motifs is 1. The molecule has 5 nitrogen and oxygen atoms in total. The second-order valence-corrected chi connectivity index (χ2v) is 5.69. The first kappa shape index (κ1) is 13.9. The third-order valence-corrected chi connectivity index (χ3v) is 3.81. The first-order valence-corrected chi connectivity index (χ1v) is 7.23.